The minimum Gasteiger partial charge on any atom is -0.395 e. The minimum absolute atomic E-state index is 0.229. The predicted octanol–water partition coefficient (Wildman–Crippen LogP) is 3.08. The second-order valence-corrected chi connectivity index (χ2v) is 4.29. The van der Waals surface area contributed by atoms with Gasteiger partial charge in [0.05, 0.1) is 11.4 Å². The van der Waals surface area contributed by atoms with Gasteiger partial charge in [-0.25, -0.2) is 8.78 Å². The Balaban J connectivity index is 2.36. The summed E-state index contributed by atoms with van der Waals surface area (Å²) >= 11 is 0. The van der Waals surface area contributed by atoms with E-state index >= 15 is 0 Å². The lowest BCUT2D eigenvalue weighted by Gasteiger charge is -2.27. The highest BCUT2D eigenvalue weighted by atomic mass is 19.4. The van der Waals surface area contributed by atoms with Crippen molar-refractivity contribution in [1.29, 1.82) is 0 Å². The van der Waals surface area contributed by atoms with Gasteiger partial charge in [-0.1, -0.05) is 0 Å². The van der Waals surface area contributed by atoms with Crippen LogP contribution >= 0.6 is 0 Å². The number of alkyl halides is 3. The van der Waals surface area contributed by atoms with Crippen LogP contribution in [0.3, 0.4) is 0 Å². The Hall–Kier alpha value is -1.53. The van der Waals surface area contributed by atoms with Gasteiger partial charge in [0.2, 0.25) is 0 Å². The van der Waals surface area contributed by atoms with Crippen LogP contribution in [0.5, 0.6) is 0 Å². The van der Waals surface area contributed by atoms with Crippen LogP contribution in [-0.4, -0.2) is 18.8 Å². The molecule has 0 saturated heterocycles. The summed E-state index contributed by atoms with van der Waals surface area (Å²) in [6.45, 7) is -1.26. The topological polar surface area (TPSA) is 29.3 Å². The van der Waals surface area contributed by atoms with E-state index < -0.39 is 30.0 Å². The molecule has 7 heteroatoms. The van der Waals surface area contributed by atoms with E-state index in [1.807, 2.05) is 0 Å². The highest BCUT2D eigenvalue weighted by Gasteiger charge is 2.39. The standard InChI is InChI=1S/C11H11F5N2/c12-6-3-8(13)10(17)9(4-6)18(7-1-2-7)5-11(14,15)16/h3-4,7H,1-2,5,17H2. The molecule has 1 aromatic rings. The molecule has 0 atom stereocenters. The van der Waals surface area contributed by atoms with Gasteiger partial charge in [0.1, 0.15) is 12.4 Å². The van der Waals surface area contributed by atoms with Gasteiger partial charge in [0, 0.05) is 12.1 Å². The van der Waals surface area contributed by atoms with Crippen molar-refractivity contribution in [3.63, 3.8) is 0 Å². The SMILES string of the molecule is Nc1c(F)cc(F)cc1N(CC(F)(F)F)C1CC1. The molecule has 1 saturated carbocycles. The second kappa shape index (κ2) is 4.29. The molecule has 0 bridgehead atoms. The zero-order valence-corrected chi connectivity index (χ0v) is 9.27. The zero-order valence-electron chi connectivity index (χ0n) is 9.27. The summed E-state index contributed by atoms with van der Waals surface area (Å²) in [6.07, 6.45) is -3.32. The average Bonchev–Trinajstić information content (AvgIpc) is 3.02. The molecule has 100 valence electrons. The highest BCUT2D eigenvalue weighted by Crippen LogP contribution is 2.38. The number of rotatable bonds is 3. The van der Waals surface area contributed by atoms with Crippen molar-refractivity contribution in [1.82, 2.24) is 0 Å². The second-order valence-electron chi connectivity index (χ2n) is 4.29. The zero-order chi connectivity index (χ0) is 13.5. The summed E-state index contributed by atoms with van der Waals surface area (Å²) in [7, 11) is 0. The fourth-order valence-electron chi connectivity index (χ4n) is 1.80. The largest absolute Gasteiger partial charge is 0.405 e. The first-order valence-electron chi connectivity index (χ1n) is 5.36. The van der Waals surface area contributed by atoms with Crippen LogP contribution in [0.15, 0.2) is 12.1 Å². The van der Waals surface area contributed by atoms with Crippen molar-refractivity contribution in [3.05, 3.63) is 23.8 Å². The number of nitrogen functional groups attached to an aromatic ring is 1. The molecule has 0 unspecified atom stereocenters. The average molecular weight is 266 g/mol. The van der Waals surface area contributed by atoms with E-state index in [1.54, 1.807) is 0 Å². The summed E-state index contributed by atoms with van der Waals surface area (Å²) < 4.78 is 63.7. The van der Waals surface area contributed by atoms with Crippen molar-refractivity contribution in [3.8, 4) is 0 Å². The molecule has 2 nitrogen and oxygen atoms in total. The third-order valence-electron chi connectivity index (χ3n) is 2.72. The van der Waals surface area contributed by atoms with Crippen LogP contribution in [0, 0.1) is 11.6 Å². The van der Waals surface area contributed by atoms with Crippen LogP contribution in [0.25, 0.3) is 0 Å². The lowest BCUT2D eigenvalue weighted by atomic mass is 10.2. The highest BCUT2D eigenvalue weighted by molar-refractivity contribution is 5.69. The first kappa shape index (κ1) is 12.9. The van der Waals surface area contributed by atoms with Gasteiger partial charge in [-0.05, 0) is 18.9 Å². The summed E-state index contributed by atoms with van der Waals surface area (Å²) in [5.41, 5.74) is 4.71. The number of nitrogens with zero attached hydrogens (tertiary/aromatic N) is 1. The molecule has 1 aromatic carbocycles. The summed E-state index contributed by atoms with van der Waals surface area (Å²) in [6, 6.07) is 1.04. The minimum atomic E-state index is -4.45. The summed E-state index contributed by atoms with van der Waals surface area (Å²) in [5.74, 6) is -1.98. The summed E-state index contributed by atoms with van der Waals surface area (Å²) in [4.78, 5) is 0.918. The fourth-order valence-corrected chi connectivity index (χ4v) is 1.80. The molecule has 2 rings (SSSR count). The first-order valence-corrected chi connectivity index (χ1v) is 5.36. The Labute approximate surface area is 100 Å². The van der Waals surface area contributed by atoms with Crippen molar-refractivity contribution in [2.45, 2.75) is 25.1 Å². The molecule has 0 aliphatic heterocycles. The fraction of sp³-hybridized carbons (Fsp3) is 0.455. The molecule has 2 N–H and O–H groups in total. The molecule has 0 heterocycles. The van der Waals surface area contributed by atoms with Crippen molar-refractivity contribution < 1.29 is 22.0 Å². The van der Waals surface area contributed by atoms with Gasteiger partial charge < -0.3 is 10.6 Å². The van der Waals surface area contributed by atoms with Gasteiger partial charge in [0.25, 0.3) is 0 Å². The van der Waals surface area contributed by atoms with Gasteiger partial charge in [-0.3, -0.25) is 0 Å². The molecule has 1 fully saturated rings. The number of hydrogen-bond donors (Lipinski definition) is 1. The Kier molecular flexibility index (Phi) is 3.08. The van der Waals surface area contributed by atoms with E-state index in [4.69, 9.17) is 5.73 Å². The molecule has 18 heavy (non-hydrogen) atoms. The van der Waals surface area contributed by atoms with Gasteiger partial charge >= 0.3 is 6.18 Å². The van der Waals surface area contributed by atoms with Gasteiger partial charge in [-0.2, -0.15) is 13.2 Å². The quantitative estimate of drug-likeness (QED) is 0.673. The normalized spacial score (nSPS) is 15.8. The maximum atomic E-state index is 13.2. The van der Waals surface area contributed by atoms with Gasteiger partial charge in [-0.15, -0.1) is 0 Å². The summed E-state index contributed by atoms with van der Waals surface area (Å²) in [5, 5.41) is 0. The molecule has 0 amide bonds. The predicted molar refractivity (Wildman–Crippen MR) is 57.2 cm³/mol. The Bertz CT molecular complexity index is 453. The number of nitrogens with two attached hydrogens (primary N) is 1. The van der Waals surface area contributed by atoms with Crippen molar-refractivity contribution >= 4 is 11.4 Å². The molecule has 0 aromatic heterocycles. The number of hydrogen-bond acceptors (Lipinski definition) is 2. The van der Waals surface area contributed by atoms with Crippen LogP contribution < -0.4 is 10.6 Å². The van der Waals surface area contributed by atoms with Gasteiger partial charge in [0.15, 0.2) is 5.82 Å². The Morgan fingerprint density at radius 2 is 1.83 bits per heavy atom. The first-order chi connectivity index (χ1) is 8.28. The third-order valence-corrected chi connectivity index (χ3v) is 2.72. The number of halogens is 5. The van der Waals surface area contributed by atoms with E-state index in [1.165, 1.54) is 0 Å². The number of anilines is 2. The van der Waals surface area contributed by atoms with Crippen LogP contribution in [0.1, 0.15) is 12.8 Å². The van der Waals surface area contributed by atoms with Crippen molar-refractivity contribution in [2.24, 2.45) is 0 Å². The third kappa shape index (κ3) is 2.83. The maximum Gasteiger partial charge on any atom is 0.405 e. The molecule has 0 radical (unpaired) electrons. The van der Waals surface area contributed by atoms with Crippen LogP contribution in [0.2, 0.25) is 0 Å². The lowest BCUT2D eigenvalue weighted by molar-refractivity contribution is -0.119. The molecule has 0 spiro atoms. The molecule has 1 aliphatic rings. The maximum absolute atomic E-state index is 13.2. The molecular weight excluding hydrogens is 255 g/mol. The Morgan fingerprint density at radius 3 is 2.33 bits per heavy atom. The van der Waals surface area contributed by atoms with Crippen molar-refractivity contribution in [2.75, 3.05) is 17.2 Å². The van der Waals surface area contributed by atoms with E-state index in [2.05, 4.69) is 0 Å². The smallest absolute Gasteiger partial charge is 0.395 e. The van der Waals surface area contributed by atoms with E-state index in [9.17, 15) is 22.0 Å². The van der Waals surface area contributed by atoms with E-state index in [0.717, 1.165) is 11.0 Å². The van der Waals surface area contributed by atoms with Crippen LogP contribution in [-0.2, 0) is 0 Å². The van der Waals surface area contributed by atoms with E-state index in [0.29, 0.717) is 18.9 Å². The van der Waals surface area contributed by atoms with E-state index in [-0.39, 0.29) is 11.7 Å². The lowest BCUT2D eigenvalue weighted by Crippen LogP contribution is -2.36. The monoisotopic (exact) mass is 266 g/mol. The van der Waals surface area contributed by atoms with Crippen LogP contribution in [0.4, 0.5) is 33.3 Å². The molecule has 1 aliphatic carbocycles. The Morgan fingerprint density at radius 1 is 1.22 bits per heavy atom. The number of benzene rings is 1. The molecular formula is C11H11F5N2.